The van der Waals surface area contributed by atoms with Crippen LogP contribution in [0.2, 0.25) is 0 Å². The minimum atomic E-state index is -0.276. The Morgan fingerprint density at radius 1 is 0.900 bits per heavy atom. The van der Waals surface area contributed by atoms with E-state index in [-0.39, 0.29) is 11.8 Å². The third-order valence-electron chi connectivity index (χ3n) is 6.51. The fraction of sp³-hybridized carbons (Fsp3) is 0.296. The summed E-state index contributed by atoms with van der Waals surface area (Å²) in [6.45, 7) is 2.90. The molecule has 1 aliphatic rings. The van der Waals surface area contributed by atoms with Gasteiger partial charge in [0.05, 0.1) is 26.1 Å². The second-order valence-corrected chi connectivity index (χ2v) is 8.64. The second-order valence-electron chi connectivity index (χ2n) is 8.64. The molecule has 0 bridgehead atoms. The fourth-order valence-corrected chi connectivity index (χ4v) is 4.82. The normalized spacial score (nSPS) is 20.9. The van der Waals surface area contributed by atoms with Crippen molar-refractivity contribution in [3.8, 4) is 0 Å². The third kappa shape index (κ3) is 4.63. The summed E-state index contributed by atoms with van der Waals surface area (Å²) >= 11 is 0. The number of hydrogen-bond donors (Lipinski definition) is 1. The molecule has 154 valence electrons. The number of quaternary nitrogens is 1. The molecule has 1 fully saturated rings. The maximum absolute atomic E-state index is 13.4. The number of hydrogen-bond acceptors (Lipinski definition) is 1. The highest BCUT2D eigenvalue weighted by molar-refractivity contribution is 5.87. The highest BCUT2D eigenvalue weighted by Gasteiger charge is 2.38. The summed E-state index contributed by atoms with van der Waals surface area (Å²) in [5.41, 5.74) is 3.44. The number of likely N-dealkylation sites (N-methyl/N-ethyl adjacent to an activating group) is 1. The first-order valence-electron chi connectivity index (χ1n) is 10.9. The van der Waals surface area contributed by atoms with Gasteiger partial charge in [0, 0.05) is 18.4 Å². The molecule has 0 radical (unpaired) electrons. The molecule has 3 aromatic rings. The lowest BCUT2D eigenvalue weighted by atomic mass is 9.90. The molecule has 3 heteroatoms. The van der Waals surface area contributed by atoms with Crippen molar-refractivity contribution in [3.63, 3.8) is 0 Å². The summed E-state index contributed by atoms with van der Waals surface area (Å²) in [5, 5.41) is 3.31. The molecule has 1 aliphatic heterocycles. The Hall–Kier alpha value is -2.91. The van der Waals surface area contributed by atoms with Crippen molar-refractivity contribution in [1.29, 1.82) is 0 Å². The van der Waals surface area contributed by atoms with Crippen molar-refractivity contribution in [2.75, 3.05) is 20.1 Å². The third-order valence-corrected chi connectivity index (χ3v) is 6.51. The fourth-order valence-electron chi connectivity index (χ4n) is 4.82. The molecular formula is C27H31N2O+. The Morgan fingerprint density at radius 3 is 2.00 bits per heavy atom. The first-order valence-corrected chi connectivity index (χ1v) is 10.9. The van der Waals surface area contributed by atoms with Crippen molar-refractivity contribution in [1.82, 2.24) is 5.32 Å². The van der Waals surface area contributed by atoms with Crippen LogP contribution in [0.15, 0.2) is 91.0 Å². The zero-order valence-electron chi connectivity index (χ0n) is 17.7. The SMILES string of the molecule is C[N+]1(Cc2ccccc2)CCCC1CNC(=O)C(c1ccccc1)c1ccccc1. The molecule has 0 spiro atoms. The van der Waals surface area contributed by atoms with Gasteiger partial charge >= 0.3 is 0 Å². The summed E-state index contributed by atoms with van der Waals surface area (Å²) in [5.74, 6) is -0.188. The van der Waals surface area contributed by atoms with Crippen LogP contribution in [0, 0.1) is 0 Å². The van der Waals surface area contributed by atoms with Gasteiger partial charge < -0.3 is 9.80 Å². The van der Waals surface area contributed by atoms with Gasteiger partial charge in [-0.3, -0.25) is 4.79 Å². The van der Waals surface area contributed by atoms with Gasteiger partial charge in [-0.2, -0.15) is 0 Å². The Balaban J connectivity index is 1.48. The summed E-state index contributed by atoms with van der Waals surface area (Å²) < 4.78 is 0.992. The van der Waals surface area contributed by atoms with Crippen molar-refractivity contribution in [2.24, 2.45) is 0 Å². The van der Waals surface area contributed by atoms with E-state index in [1.807, 2.05) is 60.7 Å². The monoisotopic (exact) mass is 399 g/mol. The van der Waals surface area contributed by atoms with Gasteiger partial charge in [-0.1, -0.05) is 91.0 Å². The van der Waals surface area contributed by atoms with Crippen molar-refractivity contribution < 1.29 is 9.28 Å². The number of amides is 1. The van der Waals surface area contributed by atoms with E-state index in [9.17, 15) is 4.79 Å². The lowest BCUT2D eigenvalue weighted by Crippen LogP contribution is -2.52. The standard InChI is InChI=1S/C27H30N2O/c1-29(21-22-12-5-2-6-13-22)19-11-18-25(29)20-28-27(30)26(23-14-7-3-8-15-23)24-16-9-4-10-17-24/h2-10,12-17,25-26H,11,18-21H2,1H3/p+1. The van der Waals surface area contributed by atoms with Gasteiger partial charge in [-0.25, -0.2) is 0 Å². The average Bonchev–Trinajstić information content (AvgIpc) is 3.14. The molecule has 2 atom stereocenters. The molecule has 1 amide bonds. The average molecular weight is 400 g/mol. The van der Waals surface area contributed by atoms with Crippen LogP contribution < -0.4 is 5.32 Å². The van der Waals surface area contributed by atoms with Gasteiger partial charge in [0.2, 0.25) is 5.91 Å². The van der Waals surface area contributed by atoms with E-state index in [1.54, 1.807) is 0 Å². The molecular weight excluding hydrogens is 368 g/mol. The Labute approximate surface area is 180 Å². The van der Waals surface area contributed by atoms with Crippen LogP contribution >= 0.6 is 0 Å². The minimum absolute atomic E-state index is 0.0885. The molecule has 1 saturated heterocycles. The second kappa shape index (κ2) is 9.27. The van der Waals surface area contributed by atoms with Crippen molar-refractivity contribution >= 4 is 5.91 Å². The molecule has 3 nitrogen and oxygen atoms in total. The minimum Gasteiger partial charge on any atom is -0.349 e. The lowest BCUT2D eigenvalue weighted by Gasteiger charge is -2.36. The van der Waals surface area contributed by atoms with Crippen molar-refractivity contribution in [3.05, 3.63) is 108 Å². The first-order chi connectivity index (χ1) is 14.7. The number of rotatable bonds is 7. The Morgan fingerprint density at radius 2 is 1.43 bits per heavy atom. The van der Waals surface area contributed by atoms with Crippen molar-refractivity contribution in [2.45, 2.75) is 31.3 Å². The number of nitrogens with zero attached hydrogens (tertiary/aromatic N) is 1. The number of carbonyl (C=O) groups excluding carboxylic acids is 1. The molecule has 0 aromatic heterocycles. The number of nitrogens with one attached hydrogen (secondary N) is 1. The summed E-state index contributed by atoms with van der Waals surface area (Å²) in [7, 11) is 2.34. The van der Waals surface area contributed by atoms with Crippen LogP contribution in [0.1, 0.15) is 35.4 Å². The van der Waals surface area contributed by atoms with E-state index >= 15 is 0 Å². The quantitative estimate of drug-likeness (QED) is 0.571. The molecule has 1 N–H and O–H groups in total. The van der Waals surface area contributed by atoms with E-state index < -0.39 is 0 Å². The number of carbonyl (C=O) groups is 1. The predicted molar refractivity (Wildman–Crippen MR) is 122 cm³/mol. The van der Waals surface area contributed by atoms with Crippen LogP contribution in [0.3, 0.4) is 0 Å². The summed E-state index contributed by atoms with van der Waals surface area (Å²) in [6, 6.07) is 31.3. The largest absolute Gasteiger partial charge is 0.349 e. The van der Waals surface area contributed by atoms with E-state index in [0.29, 0.717) is 6.04 Å². The molecule has 0 aliphatic carbocycles. The van der Waals surface area contributed by atoms with Gasteiger partial charge in [-0.15, -0.1) is 0 Å². The molecule has 4 rings (SSSR count). The van der Waals surface area contributed by atoms with E-state index in [1.165, 1.54) is 12.0 Å². The maximum atomic E-state index is 13.4. The predicted octanol–water partition coefficient (Wildman–Crippen LogP) is 4.74. The summed E-state index contributed by atoms with van der Waals surface area (Å²) in [4.78, 5) is 13.4. The van der Waals surface area contributed by atoms with Gasteiger partial charge in [0.25, 0.3) is 0 Å². The van der Waals surface area contributed by atoms with Crippen LogP contribution in [-0.2, 0) is 11.3 Å². The van der Waals surface area contributed by atoms with Gasteiger partial charge in [0.15, 0.2) is 0 Å². The van der Waals surface area contributed by atoms with Crippen LogP contribution in [0.5, 0.6) is 0 Å². The topological polar surface area (TPSA) is 29.1 Å². The molecule has 0 saturated carbocycles. The van der Waals surface area contributed by atoms with Gasteiger partial charge in [0.1, 0.15) is 12.6 Å². The number of likely N-dealkylation sites (tertiary alicyclic amines) is 1. The van der Waals surface area contributed by atoms with Crippen LogP contribution in [0.25, 0.3) is 0 Å². The first kappa shape index (κ1) is 20.4. The number of benzene rings is 3. The zero-order chi connectivity index (χ0) is 20.8. The van der Waals surface area contributed by atoms with E-state index in [4.69, 9.17) is 0 Å². The van der Waals surface area contributed by atoms with E-state index in [2.05, 4.69) is 42.7 Å². The molecule has 3 aromatic carbocycles. The Bertz CT molecular complexity index is 903. The maximum Gasteiger partial charge on any atom is 0.232 e. The smallest absolute Gasteiger partial charge is 0.232 e. The molecule has 1 heterocycles. The summed E-state index contributed by atoms with van der Waals surface area (Å²) in [6.07, 6.45) is 2.37. The zero-order valence-corrected chi connectivity index (χ0v) is 17.7. The van der Waals surface area contributed by atoms with E-state index in [0.717, 1.165) is 41.7 Å². The van der Waals surface area contributed by atoms with Crippen LogP contribution in [0.4, 0.5) is 0 Å². The van der Waals surface area contributed by atoms with Crippen LogP contribution in [-0.4, -0.2) is 36.6 Å². The Kier molecular flexibility index (Phi) is 6.29. The highest BCUT2D eigenvalue weighted by Crippen LogP contribution is 2.28. The molecule has 2 unspecified atom stereocenters. The van der Waals surface area contributed by atoms with Gasteiger partial charge in [-0.05, 0) is 11.1 Å². The molecule has 30 heavy (non-hydrogen) atoms. The lowest BCUT2D eigenvalue weighted by molar-refractivity contribution is -0.932. The highest BCUT2D eigenvalue weighted by atomic mass is 16.1.